The van der Waals surface area contributed by atoms with E-state index >= 15 is 0 Å². The Labute approximate surface area is 125 Å². The molecule has 0 aromatic carbocycles. The molecule has 2 fully saturated rings. The zero-order valence-electron chi connectivity index (χ0n) is 12.6. The fourth-order valence-electron chi connectivity index (χ4n) is 3.27. The number of piperidine rings is 1. The Bertz CT molecular complexity index is 625. The summed E-state index contributed by atoms with van der Waals surface area (Å²) in [6.45, 7) is 5.52. The maximum atomic E-state index is 4.80. The van der Waals surface area contributed by atoms with E-state index in [9.17, 15) is 0 Å². The van der Waals surface area contributed by atoms with Crippen molar-refractivity contribution in [3.63, 3.8) is 0 Å². The lowest BCUT2D eigenvalue weighted by Crippen LogP contribution is -2.37. The highest BCUT2D eigenvalue weighted by Gasteiger charge is 2.33. The molecular formula is C16H23N5. The molecule has 0 amide bonds. The molecule has 1 N–H and O–H groups in total. The largest absolute Gasteiger partial charge is 0.336 e. The zero-order valence-corrected chi connectivity index (χ0v) is 12.6. The number of hydrogen-bond acceptors (Lipinski definition) is 4. The summed E-state index contributed by atoms with van der Waals surface area (Å²) in [6, 6.07) is 4.80. The number of nitrogens with one attached hydrogen (secondary N) is 1. The van der Waals surface area contributed by atoms with Gasteiger partial charge < -0.3 is 10.2 Å². The van der Waals surface area contributed by atoms with Crippen molar-refractivity contribution in [3.05, 3.63) is 23.9 Å². The van der Waals surface area contributed by atoms with E-state index in [1.54, 1.807) is 0 Å². The normalized spacial score (nSPS) is 20.0. The Kier molecular flexibility index (Phi) is 3.30. The van der Waals surface area contributed by atoms with Gasteiger partial charge in [-0.05, 0) is 63.2 Å². The van der Waals surface area contributed by atoms with Crippen LogP contribution in [0.2, 0.25) is 0 Å². The number of nitrogens with zero attached hydrogens (tertiary/aromatic N) is 4. The molecule has 112 valence electrons. The van der Waals surface area contributed by atoms with Crippen LogP contribution in [0.1, 0.15) is 31.2 Å². The maximum absolute atomic E-state index is 4.80. The van der Waals surface area contributed by atoms with Gasteiger partial charge in [-0.1, -0.05) is 6.07 Å². The van der Waals surface area contributed by atoms with E-state index in [1.165, 1.54) is 31.2 Å². The summed E-state index contributed by atoms with van der Waals surface area (Å²) in [7, 11) is 0. The van der Waals surface area contributed by atoms with Crippen molar-refractivity contribution >= 4 is 11.6 Å². The van der Waals surface area contributed by atoms with Gasteiger partial charge >= 0.3 is 0 Å². The first-order valence-electron chi connectivity index (χ1n) is 8.10. The lowest BCUT2D eigenvalue weighted by atomic mass is 9.97. The molecule has 0 spiro atoms. The van der Waals surface area contributed by atoms with Crippen LogP contribution in [0.5, 0.6) is 0 Å². The molecule has 0 unspecified atom stereocenters. The van der Waals surface area contributed by atoms with Gasteiger partial charge in [0, 0.05) is 18.8 Å². The van der Waals surface area contributed by atoms with Gasteiger partial charge in [-0.25, -0.2) is 4.52 Å². The minimum Gasteiger partial charge on any atom is -0.336 e. The van der Waals surface area contributed by atoms with E-state index in [-0.39, 0.29) is 0 Å². The fourth-order valence-corrected chi connectivity index (χ4v) is 3.27. The Balaban J connectivity index is 1.61. The molecule has 1 saturated carbocycles. The summed E-state index contributed by atoms with van der Waals surface area (Å²) in [5.74, 6) is 1.70. The van der Waals surface area contributed by atoms with Crippen LogP contribution in [0.4, 0.5) is 5.95 Å². The topological polar surface area (TPSA) is 45.5 Å². The molecule has 1 aliphatic carbocycles. The minimum atomic E-state index is 0.664. The molecule has 5 heteroatoms. The smallest absolute Gasteiger partial charge is 0.245 e. The summed E-state index contributed by atoms with van der Waals surface area (Å²) in [4.78, 5) is 7.26. The fraction of sp³-hybridized carbons (Fsp3) is 0.625. The quantitative estimate of drug-likeness (QED) is 0.933. The summed E-state index contributed by atoms with van der Waals surface area (Å²) in [5, 5.41) is 8.16. The minimum absolute atomic E-state index is 0.664. The first kappa shape index (κ1) is 13.1. The van der Waals surface area contributed by atoms with Crippen molar-refractivity contribution in [2.45, 2.75) is 38.6 Å². The van der Waals surface area contributed by atoms with Gasteiger partial charge in [0.1, 0.15) is 0 Å². The van der Waals surface area contributed by atoms with Crippen LogP contribution in [0.25, 0.3) is 5.65 Å². The van der Waals surface area contributed by atoms with Crippen molar-refractivity contribution in [1.29, 1.82) is 0 Å². The van der Waals surface area contributed by atoms with E-state index in [1.807, 2.05) is 16.8 Å². The first-order valence-corrected chi connectivity index (χ1v) is 8.10. The molecule has 2 aromatic heterocycles. The van der Waals surface area contributed by atoms with Crippen LogP contribution in [0, 0.1) is 12.8 Å². The average molecular weight is 285 g/mol. The highest BCUT2D eigenvalue weighted by molar-refractivity contribution is 5.51. The maximum Gasteiger partial charge on any atom is 0.245 e. The Morgan fingerprint density at radius 3 is 2.81 bits per heavy atom. The van der Waals surface area contributed by atoms with Crippen LogP contribution in [-0.2, 0) is 0 Å². The predicted octanol–water partition coefficient (Wildman–Crippen LogP) is 2.01. The van der Waals surface area contributed by atoms with Crippen molar-refractivity contribution in [2.24, 2.45) is 5.92 Å². The number of rotatable bonds is 4. The number of aryl methyl sites for hydroxylation is 1. The van der Waals surface area contributed by atoms with Crippen LogP contribution < -0.4 is 10.2 Å². The second-order valence-corrected chi connectivity index (χ2v) is 6.45. The van der Waals surface area contributed by atoms with Gasteiger partial charge in [0.25, 0.3) is 0 Å². The third-order valence-corrected chi connectivity index (χ3v) is 4.70. The van der Waals surface area contributed by atoms with E-state index in [4.69, 9.17) is 10.1 Å². The molecule has 3 heterocycles. The summed E-state index contributed by atoms with van der Waals surface area (Å²) in [5.41, 5.74) is 2.18. The van der Waals surface area contributed by atoms with Gasteiger partial charge in [-0.3, -0.25) is 0 Å². The zero-order chi connectivity index (χ0) is 14.2. The molecule has 2 aromatic rings. The van der Waals surface area contributed by atoms with Crippen molar-refractivity contribution in [2.75, 3.05) is 24.5 Å². The lowest BCUT2D eigenvalue weighted by Gasteiger charge is -2.29. The standard InChI is InChI=1S/C16H23N5/c1-12-3-2-10-21-15(12)18-16(19-21)20(14-4-5-14)11-13-6-8-17-9-7-13/h2-3,10,13-14,17H,4-9,11H2,1H3. The first-order chi connectivity index (χ1) is 10.3. The molecule has 2 aliphatic rings. The number of fused-ring (bicyclic) bond motifs is 1. The van der Waals surface area contributed by atoms with Crippen molar-refractivity contribution in [3.8, 4) is 0 Å². The highest BCUT2D eigenvalue weighted by Crippen LogP contribution is 2.32. The average Bonchev–Trinajstić information content (AvgIpc) is 3.25. The molecule has 0 bridgehead atoms. The Morgan fingerprint density at radius 2 is 2.10 bits per heavy atom. The van der Waals surface area contributed by atoms with E-state index < -0.39 is 0 Å². The molecule has 1 saturated heterocycles. The molecule has 5 nitrogen and oxygen atoms in total. The SMILES string of the molecule is Cc1cccn2nc(N(CC3CCNCC3)C3CC3)nc12. The predicted molar refractivity (Wildman–Crippen MR) is 83.7 cm³/mol. The second kappa shape index (κ2) is 5.30. The van der Waals surface area contributed by atoms with Gasteiger partial charge in [0.05, 0.1) is 0 Å². The molecule has 4 rings (SSSR count). The number of hydrogen-bond donors (Lipinski definition) is 1. The van der Waals surface area contributed by atoms with Gasteiger partial charge in [0.2, 0.25) is 5.95 Å². The lowest BCUT2D eigenvalue weighted by molar-refractivity contribution is 0.371. The number of anilines is 1. The molecule has 1 aliphatic heterocycles. The monoisotopic (exact) mass is 285 g/mol. The van der Waals surface area contributed by atoms with E-state index in [0.29, 0.717) is 6.04 Å². The van der Waals surface area contributed by atoms with Crippen molar-refractivity contribution in [1.82, 2.24) is 19.9 Å². The van der Waals surface area contributed by atoms with Gasteiger partial charge in [-0.15, -0.1) is 5.10 Å². The van der Waals surface area contributed by atoms with Crippen LogP contribution in [0.3, 0.4) is 0 Å². The third kappa shape index (κ3) is 2.62. The van der Waals surface area contributed by atoms with E-state index in [2.05, 4.69) is 23.2 Å². The van der Waals surface area contributed by atoms with Gasteiger partial charge in [-0.2, -0.15) is 4.98 Å². The van der Waals surface area contributed by atoms with E-state index in [0.717, 1.165) is 37.1 Å². The second-order valence-electron chi connectivity index (χ2n) is 6.45. The molecular weight excluding hydrogens is 262 g/mol. The molecule has 0 atom stereocenters. The molecule has 21 heavy (non-hydrogen) atoms. The van der Waals surface area contributed by atoms with Crippen LogP contribution in [0.15, 0.2) is 18.3 Å². The third-order valence-electron chi connectivity index (χ3n) is 4.70. The Morgan fingerprint density at radius 1 is 1.29 bits per heavy atom. The highest BCUT2D eigenvalue weighted by atomic mass is 15.4. The van der Waals surface area contributed by atoms with Crippen LogP contribution >= 0.6 is 0 Å². The van der Waals surface area contributed by atoms with Crippen LogP contribution in [-0.4, -0.2) is 40.3 Å². The molecule has 0 radical (unpaired) electrons. The summed E-state index contributed by atoms with van der Waals surface area (Å²) >= 11 is 0. The summed E-state index contributed by atoms with van der Waals surface area (Å²) in [6.07, 6.45) is 7.12. The summed E-state index contributed by atoms with van der Waals surface area (Å²) < 4.78 is 1.92. The van der Waals surface area contributed by atoms with Crippen molar-refractivity contribution < 1.29 is 0 Å². The Hall–Kier alpha value is -1.62. The number of aromatic nitrogens is 3. The van der Waals surface area contributed by atoms with Gasteiger partial charge in [0.15, 0.2) is 5.65 Å². The number of pyridine rings is 1.